The first-order chi connectivity index (χ1) is 24.4. The molecule has 51 heavy (non-hydrogen) atoms. The van der Waals surface area contributed by atoms with Gasteiger partial charge in [-0.1, -0.05) is 22.6 Å². The Bertz CT molecular complexity index is 1860. The van der Waals surface area contributed by atoms with E-state index in [4.69, 9.17) is 29.4 Å². The molecule has 2 aliphatic rings. The zero-order valence-electron chi connectivity index (χ0n) is 27.5. The highest BCUT2D eigenvalue weighted by molar-refractivity contribution is 8.00. The summed E-state index contributed by atoms with van der Waals surface area (Å²) in [6, 6.07) is 7.01. The number of carbonyl (C=O) groups is 2. The lowest BCUT2D eigenvalue weighted by Gasteiger charge is -2.46. The van der Waals surface area contributed by atoms with Gasteiger partial charge in [0, 0.05) is 37.8 Å². The number of hydrogen-bond donors (Lipinski definition) is 2. The summed E-state index contributed by atoms with van der Waals surface area (Å²) < 4.78 is 73.8. The van der Waals surface area contributed by atoms with Crippen LogP contribution in [-0.4, -0.2) is 109 Å². The van der Waals surface area contributed by atoms with E-state index in [0.717, 1.165) is 17.7 Å². The van der Waals surface area contributed by atoms with Crippen LogP contribution in [0.15, 0.2) is 48.8 Å². The number of nitrogens with zero attached hydrogens (tertiary/aromatic N) is 6. The minimum atomic E-state index is -1.64. The van der Waals surface area contributed by atoms with Crippen LogP contribution >= 0.6 is 11.8 Å². The second-order valence-corrected chi connectivity index (χ2v) is 13.3. The molecule has 8 unspecified atom stereocenters. The maximum Gasteiger partial charge on any atom is 0.303 e. The molecule has 2 saturated heterocycles. The third kappa shape index (κ3) is 7.86. The second-order valence-electron chi connectivity index (χ2n) is 11.9. The van der Waals surface area contributed by atoms with Gasteiger partial charge in [0.15, 0.2) is 23.6 Å². The van der Waals surface area contributed by atoms with Gasteiger partial charge >= 0.3 is 11.9 Å². The molecule has 0 bridgehead atoms. The predicted molar refractivity (Wildman–Crippen MR) is 173 cm³/mol. The third-order valence-corrected chi connectivity index (χ3v) is 9.84. The van der Waals surface area contributed by atoms with Gasteiger partial charge in [-0.25, -0.2) is 22.5 Å². The van der Waals surface area contributed by atoms with E-state index in [0.29, 0.717) is 11.4 Å². The fourth-order valence-corrected chi connectivity index (χ4v) is 7.52. The summed E-state index contributed by atoms with van der Waals surface area (Å²) in [5.74, 6) is -5.80. The first-order valence-corrected chi connectivity index (χ1v) is 16.6. The number of nitrogens with two attached hydrogens (primary N) is 1. The summed E-state index contributed by atoms with van der Waals surface area (Å²) in [5, 5.41) is 27.6. The number of aliphatic hydroxyl groups excluding tert-OH is 1. The Kier molecular flexibility index (Phi) is 10.9. The van der Waals surface area contributed by atoms with Crippen LogP contribution in [0.4, 0.5) is 18.9 Å². The van der Waals surface area contributed by atoms with E-state index in [1.165, 1.54) is 48.3 Å². The second kappa shape index (κ2) is 15.4. The number of ether oxygens (including phenoxy) is 5. The van der Waals surface area contributed by atoms with Crippen molar-refractivity contribution in [2.75, 3.05) is 32.7 Å². The highest BCUT2D eigenvalue weighted by Crippen LogP contribution is 2.42. The number of hydrogen-bond acceptors (Lipinski definition) is 14. The number of nitrogen functional groups attached to an aromatic ring is 1. The molecule has 6 rings (SSSR count). The van der Waals surface area contributed by atoms with E-state index < -0.39 is 76.6 Å². The smallest absolute Gasteiger partial charge is 0.303 e. The topological polar surface area (TPSA) is 188 Å². The molecule has 0 spiro atoms. The Balaban J connectivity index is 1.30. The molecule has 4 heterocycles. The van der Waals surface area contributed by atoms with Crippen LogP contribution in [0, 0.1) is 17.5 Å². The average molecular weight is 734 g/mol. The number of halogens is 3. The molecular weight excluding hydrogens is 699 g/mol. The van der Waals surface area contributed by atoms with Crippen LogP contribution in [0.2, 0.25) is 0 Å². The Labute approximate surface area is 293 Å². The Morgan fingerprint density at radius 3 is 2.33 bits per heavy atom. The lowest BCUT2D eigenvalue weighted by Crippen LogP contribution is -2.58. The van der Waals surface area contributed by atoms with Crippen LogP contribution in [0.25, 0.3) is 22.5 Å². The van der Waals surface area contributed by atoms with Crippen molar-refractivity contribution in [2.45, 2.75) is 61.0 Å². The number of aliphatic hydroxyl groups is 1. The van der Waals surface area contributed by atoms with Gasteiger partial charge in [0.1, 0.15) is 47.7 Å². The maximum atomic E-state index is 14.1. The summed E-state index contributed by atoms with van der Waals surface area (Å²) in [6.07, 6.45) is -1.25. The van der Waals surface area contributed by atoms with Gasteiger partial charge in [-0.3, -0.25) is 9.59 Å². The highest BCUT2D eigenvalue weighted by atomic mass is 32.2. The van der Waals surface area contributed by atoms with Gasteiger partial charge < -0.3 is 34.5 Å². The number of aromatic nitrogens is 6. The highest BCUT2D eigenvalue weighted by Gasteiger charge is 2.52. The summed E-state index contributed by atoms with van der Waals surface area (Å²) in [7, 11) is 1.39. The molecule has 19 heteroatoms. The lowest BCUT2D eigenvalue weighted by molar-refractivity contribution is -0.208. The van der Waals surface area contributed by atoms with Crippen molar-refractivity contribution >= 4 is 29.4 Å². The molecule has 8 atom stereocenters. The lowest BCUT2D eigenvalue weighted by atomic mass is 9.96. The first-order valence-electron chi connectivity index (χ1n) is 15.7. The van der Waals surface area contributed by atoms with Crippen molar-refractivity contribution in [1.29, 1.82) is 0 Å². The SMILES string of the molecule is COC1C(SC2COCC(n3cc(-c4cccc(N)c4)nn3)C2O)OC(COC(C)=O)C(OC(C)=O)C1n1cc(-c2cc(F)c(F)c(F)c2)nn1. The predicted octanol–water partition coefficient (Wildman–Crippen LogP) is 2.71. The Morgan fingerprint density at radius 1 is 0.980 bits per heavy atom. The van der Waals surface area contributed by atoms with Gasteiger partial charge in [0.2, 0.25) is 0 Å². The largest absolute Gasteiger partial charge is 0.463 e. The fraction of sp³-hybridized carbons (Fsp3) is 0.438. The van der Waals surface area contributed by atoms with Gasteiger partial charge in [0.25, 0.3) is 0 Å². The number of esters is 2. The molecule has 0 saturated carbocycles. The van der Waals surface area contributed by atoms with Gasteiger partial charge in [-0.2, -0.15) is 0 Å². The molecular formula is C32H34F3N7O8S. The number of benzene rings is 2. The summed E-state index contributed by atoms with van der Waals surface area (Å²) in [5.41, 5.74) is 6.71. The van der Waals surface area contributed by atoms with Crippen LogP contribution < -0.4 is 5.73 Å². The molecule has 2 fully saturated rings. The van der Waals surface area contributed by atoms with Crippen LogP contribution in [0.3, 0.4) is 0 Å². The third-order valence-electron chi connectivity index (χ3n) is 8.42. The fourth-order valence-electron chi connectivity index (χ4n) is 6.03. The monoisotopic (exact) mass is 733 g/mol. The first kappa shape index (κ1) is 36.2. The molecule has 0 aliphatic carbocycles. The molecule has 0 radical (unpaired) electrons. The van der Waals surface area contributed by atoms with Crippen molar-refractivity contribution in [3.8, 4) is 22.5 Å². The van der Waals surface area contributed by atoms with Crippen LogP contribution in [-0.2, 0) is 33.3 Å². The Morgan fingerprint density at radius 2 is 1.67 bits per heavy atom. The van der Waals surface area contributed by atoms with Gasteiger partial charge in [-0.15, -0.1) is 22.0 Å². The number of anilines is 1. The van der Waals surface area contributed by atoms with Crippen molar-refractivity contribution in [3.05, 3.63) is 66.2 Å². The summed E-state index contributed by atoms with van der Waals surface area (Å²) >= 11 is 1.17. The maximum absolute atomic E-state index is 14.1. The van der Waals surface area contributed by atoms with Crippen molar-refractivity contribution in [1.82, 2.24) is 30.0 Å². The van der Waals surface area contributed by atoms with Crippen molar-refractivity contribution in [2.24, 2.45) is 0 Å². The van der Waals surface area contributed by atoms with E-state index in [9.17, 15) is 27.9 Å². The van der Waals surface area contributed by atoms with E-state index >= 15 is 0 Å². The van der Waals surface area contributed by atoms with Gasteiger partial charge in [-0.05, 0) is 24.3 Å². The molecule has 2 aliphatic heterocycles. The molecule has 2 aromatic carbocycles. The van der Waals surface area contributed by atoms with E-state index in [2.05, 4.69) is 20.6 Å². The minimum Gasteiger partial charge on any atom is -0.463 e. The molecule has 4 aromatic rings. The van der Waals surface area contributed by atoms with Crippen LogP contribution in [0.5, 0.6) is 0 Å². The number of methoxy groups -OCH3 is 1. The number of thioether (sulfide) groups is 1. The zero-order valence-corrected chi connectivity index (χ0v) is 28.3. The van der Waals surface area contributed by atoms with Crippen molar-refractivity contribution in [3.63, 3.8) is 0 Å². The van der Waals surface area contributed by atoms with E-state index in [1.807, 2.05) is 6.07 Å². The minimum absolute atomic E-state index is 0.0270. The zero-order chi connectivity index (χ0) is 36.4. The van der Waals surface area contributed by atoms with E-state index in [1.54, 1.807) is 24.4 Å². The normalized spacial score (nSPS) is 26.5. The quantitative estimate of drug-likeness (QED) is 0.138. The summed E-state index contributed by atoms with van der Waals surface area (Å²) in [6.45, 7) is 2.28. The molecule has 272 valence electrons. The molecule has 3 N–H and O–H groups in total. The number of rotatable bonds is 10. The standard InChI is InChI=1S/C32H34F3N7O8S/c1-15(43)48-13-25-30(49-16(2)44)28(42-11-23(38-40-42)18-8-20(33)27(35)21(34)9-18)31(46-3)32(50-25)51-26-14-47-12-24(29(26)45)41-10-22(37-39-41)17-5-4-6-19(36)7-17/h4-11,24-26,28-32,45H,12-14,36H2,1-3H3. The molecule has 15 nitrogen and oxygen atoms in total. The van der Waals surface area contributed by atoms with Gasteiger partial charge in [0.05, 0.1) is 37.0 Å². The Hall–Kier alpha value is -4.56. The van der Waals surface area contributed by atoms with Crippen molar-refractivity contribution < 1.29 is 51.6 Å². The molecule has 0 amide bonds. The van der Waals surface area contributed by atoms with Crippen LogP contribution in [0.1, 0.15) is 25.9 Å². The summed E-state index contributed by atoms with van der Waals surface area (Å²) in [4.78, 5) is 24.2. The number of carbonyl (C=O) groups excluding carboxylic acids is 2. The molecule has 2 aromatic heterocycles. The van der Waals surface area contributed by atoms with E-state index in [-0.39, 0.29) is 31.1 Å². The average Bonchev–Trinajstić information content (AvgIpc) is 3.78.